The SMILES string of the molecule is O=C(c1cccc(O)c1)P(=O)(OCc1ccccc1)OCc1ccccc1. The van der Waals surface area contributed by atoms with Crippen LogP contribution in [0.15, 0.2) is 84.9 Å². The van der Waals surface area contributed by atoms with Crippen molar-refractivity contribution < 1.29 is 23.5 Å². The number of carbonyl (C=O) groups is 1. The molecule has 0 fully saturated rings. The second-order valence-electron chi connectivity index (χ2n) is 5.87. The number of phenolic OH excluding ortho intramolecular Hbond substituents is 1. The molecule has 0 aliphatic heterocycles. The number of aromatic hydroxyl groups is 1. The van der Waals surface area contributed by atoms with Crippen LogP contribution in [0, 0.1) is 0 Å². The Balaban J connectivity index is 1.82. The molecule has 3 aromatic carbocycles. The van der Waals surface area contributed by atoms with Crippen LogP contribution < -0.4 is 0 Å². The van der Waals surface area contributed by atoms with Crippen LogP contribution in [-0.4, -0.2) is 10.6 Å². The molecular weight excluding hydrogens is 363 g/mol. The maximum Gasteiger partial charge on any atom is 0.402 e. The van der Waals surface area contributed by atoms with Gasteiger partial charge in [-0.25, -0.2) is 0 Å². The van der Waals surface area contributed by atoms with E-state index in [-0.39, 0.29) is 24.5 Å². The molecule has 1 N–H and O–H groups in total. The maximum absolute atomic E-state index is 13.3. The Labute approximate surface area is 157 Å². The van der Waals surface area contributed by atoms with Gasteiger partial charge in [0.05, 0.1) is 13.2 Å². The second-order valence-corrected chi connectivity index (χ2v) is 7.79. The first-order chi connectivity index (χ1) is 13.1. The molecule has 0 aromatic heterocycles. The van der Waals surface area contributed by atoms with E-state index in [9.17, 15) is 14.5 Å². The van der Waals surface area contributed by atoms with Gasteiger partial charge in [0.1, 0.15) is 5.75 Å². The average molecular weight is 382 g/mol. The van der Waals surface area contributed by atoms with Gasteiger partial charge >= 0.3 is 7.60 Å². The van der Waals surface area contributed by atoms with Gasteiger partial charge in [0.2, 0.25) is 0 Å². The average Bonchev–Trinajstić information content (AvgIpc) is 2.72. The highest BCUT2D eigenvalue weighted by molar-refractivity contribution is 7.72. The highest BCUT2D eigenvalue weighted by atomic mass is 31.2. The molecule has 0 heterocycles. The highest BCUT2D eigenvalue weighted by Gasteiger charge is 2.36. The topological polar surface area (TPSA) is 72.8 Å². The molecule has 0 spiro atoms. The third kappa shape index (κ3) is 5.14. The quantitative estimate of drug-likeness (QED) is 0.545. The Hall–Kier alpha value is -2.72. The van der Waals surface area contributed by atoms with Crippen LogP contribution in [0.4, 0.5) is 0 Å². The third-order valence-electron chi connectivity index (χ3n) is 3.83. The summed E-state index contributed by atoms with van der Waals surface area (Å²) in [6.45, 7) is -0.0606. The lowest BCUT2D eigenvalue weighted by Gasteiger charge is -2.18. The van der Waals surface area contributed by atoms with Crippen LogP contribution in [0.2, 0.25) is 0 Å². The summed E-state index contributed by atoms with van der Waals surface area (Å²) >= 11 is 0. The number of carbonyl (C=O) groups excluding carboxylic acids is 1. The molecule has 0 aliphatic carbocycles. The first-order valence-electron chi connectivity index (χ1n) is 8.38. The van der Waals surface area contributed by atoms with Crippen molar-refractivity contribution in [3.63, 3.8) is 0 Å². The first-order valence-corrected chi connectivity index (χ1v) is 9.92. The second kappa shape index (κ2) is 8.78. The van der Waals surface area contributed by atoms with Crippen LogP contribution in [0.1, 0.15) is 21.5 Å². The van der Waals surface area contributed by atoms with Gasteiger partial charge in [0.15, 0.2) is 0 Å². The van der Waals surface area contributed by atoms with E-state index in [0.717, 1.165) is 11.1 Å². The maximum atomic E-state index is 13.3. The van der Waals surface area contributed by atoms with Crippen molar-refractivity contribution in [3.05, 3.63) is 102 Å². The molecule has 6 heteroatoms. The molecule has 3 rings (SSSR count). The van der Waals surface area contributed by atoms with Gasteiger partial charge < -0.3 is 5.11 Å². The van der Waals surface area contributed by atoms with E-state index in [2.05, 4.69) is 0 Å². The van der Waals surface area contributed by atoms with Crippen molar-refractivity contribution in [2.24, 2.45) is 0 Å². The molecule has 138 valence electrons. The Morgan fingerprint density at radius 3 is 1.78 bits per heavy atom. The standard InChI is InChI=1S/C21H19O5P/c22-20-13-7-12-19(14-20)21(23)27(24,25-15-17-8-3-1-4-9-17)26-16-18-10-5-2-6-11-18/h1-14,22H,15-16H2. The van der Waals surface area contributed by atoms with E-state index >= 15 is 0 Å². The molecule has 5 nitrogen and oxygen atoms in total. The number of hydrogen-bond acceptors (Lipinski definition) is 5. The smallest absolute Gasteiger partial charge is 0.402 e. The van der Waals surface area contributed by atoms with Crippen molar-refractivity contribution in [2.45, 2.75) is 13.2 Å². The molecule has 0 atom stereocenters. The third-order valence-corrected chi connectivity index (χ3v) is 5.52. The lowest BCUT2D eigenvalue weighted by atomic mass is 10.2. The van der Waals surface area contributed by atoms with Crippen LogP contribution in [-0.2, 0) is 26.8 Å². The molecule has 0 radical (unpaired) electrons. The van der Waals surface area contributed by atoms with Crippen molar-refractivity contribution in [3.8, 4) is 5.75 Å². The minimum absolute atomic E-state index is 0.0303. The normalized spacial score (nSPS) is 11.3. The predicted octanol–water partition coefficient (Wildman–Crippen LogP) is 5.16. The van der Waals surface area contributed by atoms with E-state index in [1.54, 1.807) is 24.3 Å². The zero-order valence-electron chi connectivity index (χ0n) is 14.5. The zero-order chi connectivity index (χ0) is 19.1. The van der Waals surface area contributed by atoms with Crippen LogP contribution in [0.3, 0.4) is 0 Å². The van der Waals surface area contributed by atoms with Gasteiger partial charge in [0.25, 0.3) is 5.52 Å². The molecule has 0 aliphatic rings. The number of rotatable bonds is 8. The minimum atomic E-state index is -4.13. The van der Waals surface area contributed by atoms with Gasteiger partial charge in [-0.1, -0.05) is 72.8 Å². The fourth-order valence-corrected chi connectivity index (χ4v) is 3.82. The predicted molar refractivity (Wildman–Crippen MR) is 103 cm³/mol. The molecule has 0 saturated heterocycles. The lowest BCUT2D eigenvalue weighted by molar-refractivity contribution is 0.0982. The van der Waals surface area contributed by atoms with E-state index < -0.39 is 13.1 Å². The molecule has 0 unspecified atom stereocenters. The van der Waals surface area contributed by atoms with Crippen LogP contribution in [0.25, 0.3) is 0 Å². The summed E-state index contributed by atoms with van der Waals surface area (Å²) in [6, 6.07) is 23.9. The number of benzene rings is 3. The van der Waals surface area contributed by atoms with Crippen molar-refractivity contribution in [1.82, 2.24) is 0 Å². The van der Waals surface area contributed by atoms with Crippen LogP contribution >= 0.6 is 7.60 Å². The van der Waals surface area contributed by atoms with Crippen molar-refractivity contribution in [1.29, 1.82) is 0 Å². The number of hydrogen-bond donors (Lipinski definition) is 1. The Bertz CT molecular complexity index is 894. The van der Waals surface area contributed by atoms with Gasteiger partial charge in [-0.2, -0.15) is 0 Å². The largest absolute Gasteiger partial charge is 0.508 e. The summed E-state index contributed by atoms with van der Waals surface area (Å²) in [5.41, 5.74) is 0.819. The highest BCUT2D eigenvalue weighted by Crippen LogP contribution is 2.52. The first kappa shape index (κ1) is 19.1. The van der Waals surface area contributed by atoms with Gasteiger partial charge in [-0.05, 0) is 23.3 Å². The summed E-state index contributed by atoms with van der Waals surface area (Å²) < 4.78 is 24.3. The van der Waals surface area contributed by atoms with E-state index in [1.807, 2.05) is 36.4 Å². The van der Waals surface area contributed by atoms with Crippen LogP contribution in [0.5, 0.6) is 5.75 Å². The van der Waals surface area contributed by atoms with Crippen molar-refractivity contribution >= 4 is 13.1 Å². The molecule has 27 heavy (non-hydrogen) atoms. The summed E-state index contributed by atoms with van der Waals surface area (Å²) in [5, 5.41) is 9.62. The van der Waals surface area contributed by atoms with E-state index in [4.69, 9.17) is 9.05 Å². The van der Waals surface area contributed by atoms with E-state index in [0.29, 0.717) is 0 Å². The fourth-order valence-electron chi connectivity index (χ4n) is 2.42. The Morgan fingerprint density at radius 2 is 1.30 bits per heavy atom. The lowest BCUT2D eigenvalue weighted by Crippen LogP contribution is -2.08. The van der Waals surface area contributed by atoms with Gasteiger partial charge in [-0.3, -0.25) is 18.4 Å². The summed E-state index contributed by atoms with van der Waals surface area (Å²) in [5.74, 6) is -0.0986. The monoisotopic (exact) mass is 382 g/mol. The summed E-state index contributed by atoms with van der Waals surface area (Å²) in [7, 11) is -4.13. The summed E-state index contributed by atoms with van der Waals surface area (Å²) in [4.78, 5) is 12.8. The fraction of sp³-hybridized carbons (Fsp3) is 0.0952. The molecular formula is C21H19O5P. The van der Waals surface area contributed by atoms with E-state index in [1.165, 1.54) is 24.3 Å². The molecule has 0 bridgehead atoms. The van der Waals surface area contributed by atoms with Gasteiger partial charge in [-0.15, -0.1) is 0 Å². The van der Waals surface area contributed by atoms with Gasteiger partial charge in [0, 0.05) is 5.56 Å². The molecule has 0 saturated carbocycles. The zero-order valence-corrected chi connectivity index (χ0v) is 15.4. The minimum Gasteiger partial charge on any atom is -0.508 e. The Morgan fingerprint density at radius 1 is 0.778 bits per heavy atom. The molecule has 0 amide bonds. The summed E-state index contributed by atoms with van der Waals surface area (Å²) in [6.07, 6.45) is 0. The molecule has 3 aromatic rings. The number of phenols is 1. The Kier molecular flexibility index (Phi) is 6.20. The van der Waals surface area contributed by atoms with Crippen molar-refractivity contribution in [2.75, 3.05) is 0 Å².